The molecule has 0 atom stereocenters. The molecule has 0 aliphatic carbocycles. The van der Waals surface area contributed by atoms with Crippen LogP contribution >= 0.6 is 0 Å². The number of hydrogen-bond acceptors (Lipinski definition) is 3. The Kier molecular flexibility index (Phi) is 3.49. The van der Waals surface area contributed by atoms with Gasteiger partial charge < -0.3 is 10.1 Å². The molecular formula is C12H10F2N2O. The summed E-state index contributed by atoms with van der Waals surface area (Å²) in [7, 11) is 0. The van der Waals surface area contributed by atoms with Gasteiger partial charge in [0.25, 0.3) is 0 Å². The van der Waals surface area contributed by atoms with Crippen LogP contribution in [0.25, 0.3) is 5.70 Å². The molecule has 1 aromatic rings. The predicted molar refractivity (Wildman–Crippen MR) is 61.8 cm³/mol. The quantitative estimate of drug-likeness (QED) is 0.875. The third-order valence-corrected chi connectivity index (χ3v) is 2.10. The number of alkyl halides is 2. The van der Waals surface area contributed by atoms with Crippen molar-refractivity contribution >= 4 is 11.9 Å². The average molecular weight is 236 g/mol. The van der Waals surface area contributed by atoms with Crippen LogP contribution in [0.1, 0.15) is 5.56 Å². The molecule has 1 heterocycles. The van der Waals surface area contributed by atoms with E-state index in [4.69, 9.17) is 0 Å². The molecule has 0 saturated carbocycles. The van der Waals surface area contributed by atoms with Gasteiger partial charge in [0.1, 0.15) is 5.75 Å². The number of rotatable bonds is 3. The minimum absolute atomic E-state index is 0.136. The van der Waals surface area contributed by atoms with Gasteiger partial charge in [-0.2, -0.15) is 8.78 Å². The molecule has 17 heavy (non-hydrogen) atoms. The summed E-state index contributed by atoms with van der Waals surface area (Å²) in [5.74, 6) is 0.136. The third kappa shape index (κ3) is 3.14. The van der Waals surface area contributed by atoms with Crippen LogP contribution in [-0.2, 0) is 0 Å². The average Bonchev–Trinajstić information content (AvgIpc) is 2.58. The van der Waals surface area contributed by atoms with Gasteiger partial charge in [0.2, 0.25) is 0 Å². The number of benzene rings is 1. The summed E-state index contributed by atoms with van der Waals surface area (Å²) in [5, 5.41) is 3.02. The van der Waals surface area contributed by atoms with Crippen LogP contribution in [0.15, 0.2) is 47.7 Å². The molecule has 0 bridgehead atoms. The summed E-state index contributed by atoms with van der Waals surface area (Å²) < 4.78 is 28.2. The lowest BCUT2D eigenvalue weighted by Crippen LogP contribution is -2.04. The summed E-state index contributed by atoms with van der Waals surface area (Å²) in [5.41, 5.74) is 1.63. The van der Waals surface area contributed by atoms with E-state index in [9.17, 15) is 8.78 Å². The highest BCUT2D eigenvalue weighted by atomic mass is 19.3. The molecule has 88 valence electrons. The molecule has 5 heteroatoms. The van der Waals surface area contributed by atoms with Crippen LogP contribution in [0.2, 0.25) is 0 Å². The van der Waals surface area contributed by atoms with E-state index in [0.717, 1.165) is 11.3 Å². The van der Waals surface area contributed by atoms with E-state index in [1.54, 1.807) is 36.8 Å². The Morgan fingerprint density at radius 2 is 1.94 bits per heavy atom. The standard InChI is InChI=1S/C12H10F2N2O/c13-12(14)17-10-4-2-9(3-5-10)11-8-15-6-1-7-16-11/h1-8,12,16H. The number of ether oxygens (including phenoxy) is 1. The second-order valence-electron chi connectivity index (χ2n) is 3.25. The van der Waals surface area contributed by atoms with Gasteiger partial charge in [0.05, 0.1) is 11.9 Å². The predicted octanol–water partition coefficient (Wildman–Crippen LogP) is 2.77. The largest absolute Gasteiger partial charge is 0.435 e. The van der Waals surface area contributed by atoms with Gasteiger partial charge in [-0.1, -0.05) is 0 Å². The van der Waals surface area contributed by atoms with E-state index in [0.29, 0.717) is 0 Å². The first-order chi connectivity index (χ1) is 8.25. The molecule has 1 N–H and O–H groups in total. The van der Waals surface area contributed by atoms with Gasteiger partial charge in [0, 0.05) is 12.4 Å². The van der Waals surface area contributed by atoms with Gasteiger partial charge in [-0.05, 0) is 35.9 Å². The minimum Gasteiger partial charge on any atom is -0.435 e. The molecule has 0 fully saturated rings. The Morgan fingerprint density at radius 3 is 2.65 bits per heavy atom. The number of nitrogens with one attached hydrogen (secondary N) is 1. The van der Waals surface area contributed by atoms with Crippen LogP contribution in [0.4, 0.5) is 8.78 Å². The Morgan fingerprint density at radius 1 is 1.18 bits per heavy atom. The zero-order valence-electron chi connectivity index (χ0n) is 8.81. The fraction of sp³-hybridized carbons (Fsp3) is 0.0833. The number of aliphatic imine (C=N–C) groups is 1. The SMILES string of the molecule is FC(F)Oc1ccc(C2=CN=CC=CN2)cc1. The van der Waals surface area contributed by atoms with Gasteiger partial charge in [-0.15, -0.1) is 0 Å². The normalized spacial score (nSPS) is 14.2. The topological polar surface area (TPSA) is 33.6 Å². The van der Waals surface area contributed by atoms with Crippen molar-refractivity contribution in [1.29, 1.82) is 0 Å². The maximum absolute atomic E-state index is 12.0. The molecule has 2 rings (SSSR count). The Labute approximate surface area is 97.1 Å². The maximum atomic E-state index is 12.0. The fourth-order valence-corrected chi connectivity index (χ4v) is 1.36. The number of allylic oxidation sites excluding steroid dienone is 1. The first kappa shape index (κ1) is 11.3. The molecule has 1 aliphatic rings. The number of nitrogens with zero attached hydrogens (tertiary/aromatic N) is 1. The molecule has 0 spiro atoms. The van der Waals surface area contributed by atoms with Crippen LogP contribution in [-0.4, -0.2) is 12.8 Å². The van der Waals surface area contributed by atoms with Crippen LogP contribution < -0.4 is 10.1 Å². The second-order valence-corrected chi connectivity index (χ2v) is 3.25. The molecule has 3 nitrogen and oxygen atoms in total. The summed E-state index contributed by atoms with van der Waals surface area (Å²) in [4.78, 5) is 4.01. The highest BCUT2D eigenvalue weighted by Gasteiger charge is 2.05. The molecule has 0 unspecified atom stereocenters. The van der Waals surface area contributed by atoms with Crippen LogP contribution in [0, 0.1) is 0 Å². The van der Waals surface area contributed by atoms with E-state index < -0.39 is 6.61 Å². The monoisotopic (exact) mass is 236 g/mol. The summed E-state index contributed by atoms with van der Waals surface area (Å²) in [6.45, 7) is -2.80. The van der Waals surface area contributed by atoms with E-state index in [1.807, 2.05) is 0 Å². The van der Waals surface area contributed by atoms with E-state index in [2.05, 4.69) is 15.0 Å². The summed E-state index contributed by atoms with van der Waals surface area (Å²) in [6, 6.07) is 6.35. The lowest BCUT2D eigenvalue weighted by molar-refractivity contribution is -0.0498. The molecular weight excluding hydrogens is 226 g/mol. The van der Waals surface area contributed by atoms with Crippen molar-refractivity contribution in [3.8, 4) is 5.75 Å². The van der Waals surface area contributed by atoms with Crippen molar-refractivity contribution in [3.05, 3.63) is 48.3 Å². The third-order valence-electron chi connectivity index (χ3n) is 2.10. The Bertz CT molecular complexity index is 464. The zero-order chi connectivity index (χ0) is 12.1. The molecule has 1 aliphatic heterocycles. The van der Waals surface area contributed by atoms with Crippen molar-refractivity contribution in [1.82, 2.24) is 5.32 Å². The summed E-state index contributed by atoms with van der Waals surface area (Å²) in [6.07, 6.45) is 6.81. The molecule has 0 saturated heterocycles. The lowest BCUT2D eigenvalue weighted by Gasteiger charge is -2.08. The van der Waals surface area contributed by atoms with E-state index in [-0.39, 0.29) is 5.75 Å². The Hall–Kier alpha value is -2.17. The number of hydrogen-bond donors (Lipinski definition) is 1. The summed E-state index contributed by atoms with van der Waals surface area (Å²) >= 11 is 0. The molecule has 0 radical (unpaired) electrons. The first-order valence-corrected chi connectivity index (χ1v) is 4.96. The maximum Gasteiger partial charge on any atom is 0.387 e. The molecule has 0 aromatic heterocycles. The lowest BCUT2D eigenvalue weighted by atomic mass is 10.1. The van der Waals surface area contributed by atoms with Crippen molar-refractivity contribution in [3.63, 3.8) is 0 Å². The zero-order valence-corrected chi connectivity index (χ0v) is 8.81. The highest BCUT2D eigenvalue weighted by Crippen LogP contribution is 2.19. The second kappa shape index (κ2) is 5.25. The van der Waals surface area contributed by atoms with Crippen molar-refractivity contribution in [2.24, 2.45) is 4.99 Å². The number of halogens is 2. The van der Waals surface area contributed by atoms with Crippen molar-refractivity contribution in [2.75, 3.05) is 0 Å². The van der Waals surface area contributed by atoms with Crippen LogP contribution in [0.3, 0.4) is 0 Å². The van der Waals surface area contributed by atoms with Gasteiger partial charge in [-0.25, -0.2) is 0 Å². The molecule has 0 amide bonds. The van der Waals surface area contributed by atoms with Crippen molar-refractivity contribution in [2.45, 2.75) is 6.61 Å². The van der Waals surface area contributed by atoms with Gasteiger partial charge in [0.15, 0.2) is 0 Å². The van der Waals surface area contributed by atoms with E-state index in [1.165, 1.54) is 12.1 Å². The Balaban J connectivity index is 2.15. The highest BCUT2D eigenvalue weighted by molar-refractivity contribution is 5.76. The van der Waals surface area contributed by atoms with E-state index >= 15 is 0 Å². The van der Waals surface area contributed by atoms with Crippen molar-refractivity contribution < 1.29 is 13.5 Å². The van der Waals surface area contributed by atoms with Gasteiger partial charge in [-0.3, -0.25) is 4.99 Å². The van der Waals surface area contributed by atoms with Gasteiger partial charge >= 0.3 is 6.61 Å². The fourth-order valence-electron chi connectivity index (χ4n) is 1.36. The molecule has 1 aromatic carbocycles. The first-order valence-electron chi connectivity index (χ1n) is 4.96. The smallest absolute Gasteiger partial charge is 0.387 e. The van der Waals surface area contributed by atoms with Crippen LogP contribution in [0.5, 0.6) is 5.75 Å². The minimum atomic E-state index is -2.80.